The van der Waals surface area contributed by atoms with Crippen LogP contribution < -0.4 is 17.2 Å². The number of nitrogens with two attached hydrogens (primary N) is 3. The summed E-state index contributed by atoms with van der Waals surface area (Å²) in [7, 11) is 0. The number of benzene rings is 2. The van der Waals surface area contributed by atoms with Crippen molar-refractivity contribution < 1.29 is 14.4 Å². The molecular weight excluding hydrogens is 270 g/mol. The molecule has 0 aliphatic carbocycles. The molecule has 6 N–H and O–H groups in total. The van der Waals surface area contributed by atoms with Gasteiger partial charge in [-0.25, -0.2) is 0 Å². The molecule has 0 fully saturated rings. The molecule has 0 bridgehead atoms. The highest BCUT2D eigenvalue weighted by Crippen LogP contribution is 2.28. The van der Waals surface area contributed by atoms with E-state index in [1.807, 2.05) is 0 Å². The molecule has 0 aromatic heterocycles. The smallest absolute Gasteiger partial charge is 0.250 e. The third-order valence-electron chi connectivity index (χ3n) is 3.05. The van der Waals surface area contributed by atoms with E-state index in [2.05, 4.69) is 0 Å². The molecule has 0 heterocycles. The molecule has 0 aliphatic heterocycles. The minimum atomic E-state index is -0.935. The third kappa shape index (κ3) is 2.59. The van der Waals surface area contributed by atoms with Crippen molar-refractivity contribution in [2.24, 2.45) is 17.2 Å². The minimum absolute atomic E-state index is 0.106. The van der Waals surface area contributed by atoms with Crippen molar-refractivity contribution in [3.8, 4) is 11.1 Å². The van der Waals surface area contributed by atoms with Gasteiger partial charge in [-0.3, -0.25) is 14.4 Å². The van der Waals surface area contributed by atoms with Crippen LogP contribution >= 0.6 is 0 Å². The Morgan fingerprint density at radius 1 is 0.667 bits per heavy atom. The number of carbonyl (C=O) groups excluding carboxylic acids is 3. The molecule has 3 amide bonds. The zero-order valence-electron chi connectivity index (χ0n) is 11.0. The SMILES string of the molecule is NC(=O)c1ccc(-c2ccccc2)c(C(N)=O)c1C(N)=O. The van der Waals surface area contributed by atoms with Gasteiger partial charge in [-0.1, -0.05) is 36.4 Å². The Kier molecular flexibility index (Phi) is 3.71. The van der Waals surface area contributed by atoms with E-state index in [-0.39, 0.29) is 16.7 Å². The first-order valence-corrected chi connectivity index (χ1v) is 6.05. The number of hydrogen-bond acceptors (Lipinski definition) is 3. The van der Waals surface area contributed by atoms with Crippen LogP contribution in [-0.2, 0) is 0 Å². The summed E-state index contributed by atoms with van der Waals surface area (Å²) in [5.74, 6) is -2.65. The van der Waals surface area contributed by atoms with Crippen molar-refractivity contribution in [2.75, 3.05) is 0 Å². The van der Waals surface area contributed by atoms with E-state index < -0.39 is 17.7 Å². The van der Waals surface area contributed by atoms with Gasteiger partial charge >= 0.3 is 0 Å². The van der Waals surface area contributed by atoms with E-state index in [0.717, 1.165) is 0 Å². The Hall–Kier alpha value is -3.15. The van der Waals surface area contributed by atoms with E-state index in [0.29, 0.717) is 11.1 Å². The molecule has 0 saturated carbocycles. The Balaban J connectivity index is 2.86. The first kappa shape index (κ1) is 14.3. The van der Waals surface area contributed by atoms with Crippen LogP contribution in [0.25, 0.3) is 11.1 Å². The van der Waals surface area contributed by atoms with Gasteiger partial charge in [0.1, 0.15) is 0 Å². The minimum Gasteiger partial charge on any atom is -0.366 e. The van der Waals surface area contributed by atoms with Gasteiger partial charge in [-0.2, -0.15) is 0 Å². The lowest BCUT2D eigenvalue weighted by Gasteiger charge is -2.13. The highest BCUT2D eigenvalue weighted by molar-refractivity contribution is 6.16. The van der Waals surface area contributed by atoms with Crippen molar-refractivity contribution in [2.45, 2.75) is 0 Å². The maximum absolute atomic E-state index is 11.8. The fraction of sp³-hybridized carbons (Fsp3) is 0. The van der Waals surface area contributed by atoms with Gasteiger partial charge in [0.05, 0.1) is 16.7 Å². The Bertz CT molecular complexity index is 739. The van der Waals surface area contributed by atoms with Crippen LogP contribution in [0.2, 0.25) is 0 Å². The van der Waals surface area contributed by atoms with Crippen LogP contribution in [0.15, 0.2) is 42.5 Å². The largest absolute Gasteiger partial charge is 0.366 e. The zero-order valence-corrected chi connectivity index (χ0v) is 11.0. The van der Waals surface area contributed by atoms with Crippen molar-refractivity contribution >= 4 is 17.7 Å². The van der Waals surface area contributed by atoms with Crippen molar-refractivity contribution in [3.63, 3.8) is 0 Å². The van der Waals surface area contributed by atoms with E-state index in [1.54, 1.807) is 30.3 Å². The average Bonchev–Trinajstić information content (AvgIpc) is 2.46. The molecule has 2 aromatic rings. The molecular formula is C15H13N3O3. The molecule has 0 spiro atoms. The van der Waals surface area contributed by atoms with E-state index in [9.17, 15) is 14.4 Å². The summed E-state index contributed by atoms with van der Waals surface area (Å²) in [5.41, 5.74) is 16.5. The Morgan fingerprint density at radius 3 is 1.71 bits per heavy atom. The lowest BCUT2D eigenvalue weighted by molar-refractivity contribution is 0.0954. The predicted molar refractivity (Wildman–Crippen MR) is 77.4 cm³/mol. The van der Waals surface area contributed by atoms with Crippen LogP contribution in [0, 0.1) is 0 Å². The van der Waals surface area contributed by atoms with E-state index in [1.165, 1.54) is 12.1 Å². The Labute approximate surface area is 120 Å². The summed E-state index contributed by atoms with van der Waals surface area (Å²) in [6, 6.07) is 11.7. The zero-order chi connectivity index (χ0) is 15.6. The van der Waals surface area contributed by atoms with Crippen LogP contribution in [-0.4, -0.2) is 17.7 Å². The second-order valence-electron chi connectivity index (χ2n) is 4.37. The lowest BCUT2D eigenvalue weighted by Crippen LogP contribution is -2.26. The van der Waals surface area contributed by atoms with Gasteiger partial charge in [-0.05, 0) is 17.2 Å². The van der Waals surface area contributed by atoms with Gasteiger partial charge in [0, 0.05) is 0 Å². The number of primary amides is 3. The maximum Gasteiger partial charge on any atom is 0.250 e. The predicted octanol–water partition coefficient (Wildman–Crippen LogP) is 0.650. The van der Waals surface area contributed by atoms with Crippen LogP contribution in [0.1, 0.15) is 31.1 Å². The van der Waals surface area contributed by atoms with Crippen molar-refractivity contribution in [1.29, 1.82) is 0 Å². The molecule has 0 aliphatic rings. The quantitative estimate of drug-likeness (QED) is 0.761. The third-order valence-corrected chi connectivity index (χ3v) is 3.05. The second-order valence-corrected chi connectivity index (χ2v) is 4.37. The summed E-state index contributed by atoms with van der Waals surface area (Å²) in [6.45, 7) is 0. The van der Waals surface area contributed by atoms with Crippen molar-refractivity contribution in [3.05, 3.63) is 59.2 Å². The van der Waals surface area contributed by atoms with Crippen LogP contribution in [0.3, 0.4) is 0 Å². The van der Waals surface area contributed by atoms with Crippen LogP contribution in [0.5, 0.6) is 0 Å². The maximum atomic E-state index is 11.8. The number of rotatable bonds is 4. The number of hydrogen-bond donors (Lipinski definition) is 3. The molecule has 2 aromatic carbocycles. The number of amides is 3. The molecule has 0 atom stereocenters. The summed E-state index contributed by atoms with van der Waals surface area (Å²) in [6.07, 6.45) is 0. The highest BCUT2D eigenvalue weighted by Gasteiger charge is 2.24. The van der Waals surface area contributed by atoms with Gasteiger partial charge in [-0.15, -0.1) is 0 Å². The molecule has 6 heteroatoms. The summed E-state index contributed by atoms with van der Waals surface area (Å²) >= 11 is 0. The second kappa shape index (κ2) is 5.46. The summed E-state index contributed by atoms with van der Waals surface area (Å²) in [4.78, 5) is 34.8. The first-order chi connectivity index (χ1) is 9.93. The molecule has 2 rings (SSSR count). The first-order valence-electron chi connectivity index (χ1n) is 6.05. The van der Waals surface area contributed by atoms with E-state index >= 15 is 0 Å². The molecule has 6 nitrogen and oxygen atoms in total. The van der Waals surface area contributed by atoms with Gasteiger partial charge < -0.3 is 17.2 Å². The lowest BCUT2D eigenvalue weighted by atomic mass is 9.91. The van der Waals surface area contributed by atoms with Gasteiger partial charge in [0.15, 0.2) is 0 Å². The average molecular weight is 283 g/mol. The molecule has 106 valence electrons. The fourth-order valence-corrected chi connectivity index (χ4v) is 2.18. The Morgan fingerprint density at radius 2 is 1.24 bits per heavy atom. The fourth-order valence-electron chi connectivity index (χ4n) is 2.18. The molecule has 21 heavy (non-hydrogen) atoms. The molecule has 0 radical (unpaired) electrons. The van der Waals surface area contributed by atoms with Crippen LogP contribution in [0.4, 0.5) is 0 Å². The normalized spacial score (nSPS) is 10.1. The molecule has 0 unspecified atom stereocenters. The number of carbonyl (C=O) groups is 3. The van der Waals surface area contributed by atoms with E-state index in [4.69, 9.17) is 17.2 Å². The van der Waals surface area contributed by atoms with Crippen molar-refractivity contribution in [1.82, 2.24) is 0 Å². The van der Waals surface area contributed by atoms with Gasteiger partial charge in [0.2, 0.25) is 17.7 Å². The monoisotopic (exact) mass is 283 g/mol. The summed E-state index contributed by atoms with van der Waals surface area (Å²) < 4.78 is 0. The van der Waals surface area contributed by atoms with Gasteiger partial charge in [0.25, 0.3) is 0 Å². The highest BCUT2D eigenvalue weighted by atomic mass is 16.2. The standard InChI is InChI=1S/C15H13N3O3/c16-13(19)10-7-6-9(8-4-2-1-3-5-8)11(14(17)20)12(10)15(18)21/h1-7H,(H2,16,19)(H2,17,20)(H2,18,21). The molecule has 0 saturated heterocycles. The topological polar surface area (TPSA) is 129 Å². The summed E-state index contributed by atoms with van der Waals surface area (Å²) in [5, 5.41) is 0.